The highest BCUT2D eigenvalue weighted by Gasteiger charge is 2.11. The van der Waals surface area contributed by atoms with Crippen molar-refractivity contribution in [3.8, 4) is 5.69 Å². The van der Waals surface area contributed by atoms with Crippen molar-refractivity contribution in [1.29, 1.82) is 0 Å². The molecule has 0 saturated carbocycles. The van der Waals surface area contributed by atoms with Crippen LogP contribution < -0.4 is 0 Å². The fourth-order valence-electron chi connectivity index (χ4n) is 2.97. The summed E-state index contributed by atoms with van der Waals surface area (Å²) in [5.41, 5.74) is 3.90. The Morgan fingerprint density at radius 1 is 1.19 bits per heavy atom. The molecule has 0 aliphatic carbocycles. The molecule has 21 heavy (non-hydrogen) atoms. The highest BCUT2D eigenvalue weighted by Crippen LogP contribution is 2.20. The van der Waals surface area contributed by atoms with E-state index in [1.807, 2.05) is 23.1 Å². The second-order valence-corrected chi connectivity index (χ2v) is 5.59. The van der Waals surface area contributed by atoms with E-state index in [0.717, 1.165) is 39.3 Å². The minimum atomic E-state index is 0.878. The predicted molar refractivity (Wildman–Crippen MR) is 83.9 cm³/mol. The number of morpholine rings is 1. The predicted octanol–water partition coefficient (Wildman–Crippen LogP) is 2.45. The number of aromatic nitrogens is 2. The van der Waals surface area contributed by atoms with Gasteiger partial charge in [-0.15, -0.1) is 0 Å². The van der Waals surface area contributed by atoms with Crippen molar-refractivity contribution in [2.45, 2.75) is 19.8 Å². The molecule has 3 rings (SSSR count). The molecule has 4 nitrogen and oxygen atoms in total. The van der Waals surface area contributed by atoms with Crippen molar-refractivity contribution in [2.75, 3.05) is 32.8 Å². The molecule has 0 N–H and O–H groups in total. The van der Waals surface area contributed by atoms with Gasteiger partial charge in [0, 0.05) is 25.5 Å². The van der Waals surface area contributed by atoms with Gasteiger partial charge in [0.1, 0.15) is 0 Å². The van der Waals surface area contributed by atoms with Crippen LogP contribution in [0, 0.1) is 6.92 Å². The van der Waals surface area contributed by atoms with Gasteiger partial charge in [-0.05, 0) is 43.5 Å². The summed E-state index contributed by atoms with van der Waals surface area (Å²) in [5.74, 6) is 0. The van der Waals surface area contributed by atoms with Gasteiger partial charge in [0.2, 0.25) is 0 Å². The van der Waals surface area contributed by atoms with Gasteiger partial charge in [-0.25, -0.2) is 4.68 Å². The maximum atomic E-state index is 5.39. The molecule has 0 radical (unpaired) electrons. The maximum absolute atomic E-state index is 5.39. The maximum Gasteiger partial charge on any atom is 0.0706 e. The molecule has 2 aromatic rings. The lowest BCUT2D eigenvalue weighted by atomic mass is 10.0. The van der Waals surface area contributed by atoms with Crippen LogP contribution >= 0.6 is 0 Å². The van der Waals surface area contributed by atoms with E-state index >= 15 is 0 Å². The average Bonchev–Trinajstić information content (AvgIpc) is 3.02. The molecule has 0 spiro atoms. The van der Waals surface area contributed by atoms with E-state index < -0.39 is 0 Å². The second kappa shape index (κ2) is 6.87. The molecule has 1 aliphatic rings. The van der Waals surface area contributed by atoms with Crippen LogP contribution in [0.25, 0.3) is 5.69 Å². The minimum Gasteiger partial charge on any atom is -0.379 e. The van der Waals surface area contributed by atoms with E-state index in [2.05, 4.69) is 35.1 Å². The third kappa shape index (κ3) is 3.52. The Bertz CT molecular complexity index is 559. The number of aryl methyl sites for hydroxylation is 2. The summed E-state index contributed by atoms with van der Waals surface area (Å²) in [6.45, 7) is 7.20. The Morgan fingerprint density at radius 3 is 2.81 bits per heavy atom. The van der Waals surface area contributed by atoms with Crippen LogP contribution in [0.3, 0.4) is 0 Å². The fourth-order valence-corrected chi connectivity index (χ4v) is 2.97. The summed E-state index contributed by atoms with van der Waals surface area (Å²) in [7, 11) is 0. The van der Waals surface area contributed by atoms with Crippen molar-refractivity contribution in [1.82, 2.24) is 14.7 Å². The normalized spacial score (nSPS) is 16.2. The van der Waals surface area contributed by atoms with Crippen LogP contribution in [0.4, 0.5) is 0 Å². The molecule has 0 bridgehead atoms. The molecule has 4 heteroatoms. The van der Waals surface area contributed by atoms with Crippen LogP contribution in [0.1, 0.15) is 17.5 Å². The zero-order valence-corrected chi connectivity index (χ0v) is 12.7. The largest absolute Gasteiger partial charge is 0.379 e. The molecule has 1 fully saturated rings. The lowest BCUT2D eigenvalue weighted by Crippen LogP contribution is -2.36. The smallest absolute Gasteiger partial charge is 0.0706 e. The van der Waals surface area contributed by atoms with Crippen LogP contribution in [-0.2, 0) is 11.2 Å². The molecule has 112 valence electrons. The molecule has 0 atom stereocenters. The Labute approximate surface area is 126 Å². The zero-order chi connectivity index (χ0) is 14.5. The first kappa shape index (κ1) is 14.3. The first-order valence-electron chi connectivity index (χ1n) is 7.73. The molecular weight excluding hydrogens is 262 g/mol. The third-order valence-corrected chi connectivity index (χ3v) is 4.08. The van der Waals surface area contributed by atoms with Gasteiger partial charge in [-0.3, -0.25) is 4.90 Å². The molecule has 1 aliphatic heterocycles. The summed E-state index contributed by atoms with van der Waals surface area (Å²) in [5, 5.41) is 4.40. The number of hydrogen-bond acceptors (Lipinski definition) is 3. The Balaban J connectivity index is 1.66. The molecule has 0 unspecified atom stereocenters. The summed E-state index contributed by atoms with van der Waals surface area (Å²) < 4.78 is 7.38. The molecule has 2 heterocycles. The number of hydrogen-bond donors (Lipinski definition) is 0. The van der Waals surface area contributed by atoms with Crippen LogP contribution in [0.2, 0.25) is 0 Å². The lowest BCUT2D eigenvalue weighted by Gasteiger charge is -2.26. The molecule has 1 aromatic heterocycles. The third-order valence-electron chi connectivity index (χ3n) is 4.08. The molecule has 0 amide bonds. The van der Waals surface area contributed by atoms with E-state index in [1.54, 1.807) is 0 Å². The number of ether oxygens (including phenoxy) is 1. The highest BCUT2D eigenvalue weighted by molar-refractivity contribution is 5.47. The first-order valence-corrected chi connectivity index (χ1v) is 7.73. The van der Waals surface area contributed by atoms with E-state index in [0.29, 0.717) is 0 Å². The monoisotopic (exact) mass is 285 g/mol. The van der Waals surface area contributed by atoms with Crippen LogP contribution in [-0.4, -0.2) is 47.5 Å². The Morgan fingerprint density at radius 2 is 2.05 bits per heavy atom. The van der Waals surface area contributed by atoms with Crippen molar-refractivity contribution in [3.05, 3.63) is 47.8 Å². The fraction of sp³-hybridized carbons (Fsp3) is 0.471. The van der Waals surface area contributed by atoms with Gasteiger partial charge in [0.15, 0.2) is 0 Å². The first-order chi connectivity index (χ1) is 10.3. The van der Waals surface area contributed by atoms with Gasteiger partial charge in [0.25, 0.3) is 0 Å². The zero-order valence-electron chi connectivity index (χ0n) is 12.7. The van der Waals surface area contributed by atoms with Gasteiger partial charge in [0.05, 0.1) is 18.9 Å². The van der Waals surface area contributed by atoms with Gasteiger partial charge in [-0.2, -0.15) is 5.10 Å². The van der Waals surface area contributed by atoms with Crippen molar-refractivity contribution < 1.29 is 4.74 Å². The van der Waals surface area contributed by atoms with Gasteiger partial charge in [-0.1, -0.05) is 18.2 Å². The van der Waals surface area contributed by atoms with Crippen LogP contribution in [0.5, 0.6) is 0 Å². The molecular formula is C17H23N3O. The van der Waals surface area contributed by atoms with Crippen LogP contribution in [0.15, 0.2) is 36.7 Å². The van der Waals surface area contributed by atoms with E-state index in [9.17, 15) is 0 Å². The quantitative estimate of drug-likeness (QED) is 0.845. The summed E-state index contributed by atoms with van der Waals surface area (Å²) in [6, 6.07) is 8.50. The Hall–Kier alpha value is -1.65. The standard InChI is InChI=1S/C17H23N3O/c1-15-5-2-6-16(17(15)20-10-4-8-18-20)7-3-9-19-11-13-21-14-12-19/h2,4-6,8,10H,3,7,9,11-14H2,1H3. The highest BCUT2D eigenvalue weighted by atomic mass is 16.5. The SMILES string of the molecule is Cc1cccc(CCCN2CCOCC2)c1-n1cccn1. The lowest BCUT2D eigenvalue weighted by molar-refractivity contribution is 0.0374. The number of benzene rings is 1. The number of nitrogens with zero attached hydrogens (tertiary/aromatic N) is 3. The molecule has 1 aromatic carbocycles. The summed E-state index contributed by atoms with van der Waals surface area (Å²) in [4.78, 5) is 2.49. The van der Waals surface area contributed by atoms with E-state index in [1.165, 1.54) is 23.2 Å². The van der Waals surface area contributed by atoms with Gasteiger partial charge >= 0.3 is 0 Å². The van der Waals surface area contributed by atoms with Crippen molar-refractivity contribution in [2.24, 2.45) is 0 Å². The second-order valence-electron chi connectivity index (χ2n) is 5.59. The Kier molecular flexibility index (Phi) is 4.68. The van der Waals surface area contributed by atoms with E-state index in [-0.39, 0.29) is 0 Å². The van der Waals surface area contributed by atoms with Gasteiger partial charge < -0.3 is 4.74 Å². The van der Waals surface area contributed by atoms with E-state index in [4.69, 9.17) is 4.74 Å². The summed E-state index contributed by atoms with van der Waals surface area (Å²) in [6.07, 6.45) is 6.13. The number of rotatable bonds is 5. The number of para-hydroxylation sites is 1. The molecule has 1 saturated heterocycles. The average molecular weight is 285 g/mol. The topological polar surface area (TPSA) is 30.3 Å². The van der Waals surface area contributed by atoms with Crippen molar-refractivity contribution >= 4 is 0 Å². The summed E-state index contributed by atoms with van der Waals surface area (Å²) >= 11 is 0. The van der Waals surface area contributed by atoms with Crippen molar-refractivity contribution in [3.63, 3.8) is 0 Å². The minimum absolute atomic E-state index is 0.878.